The van der Waals surface area contributed by atoms with Crippen LogP contribution in [0.1, 0.15) is 31.9 Å². The SMILES string of the molecule is C=CC(=O)OCCOc1ccc(C(C)(C)c2ccc(OCCOC(=O)C(=C)C)cc2)cc1. The van der Waals surface area contributed by atoms with Gasteiger partial charge in [-0.05, 0) is 42.3 Å². The zero-order valence-electron chi connectivity index (χ0n) is 18.9. The van der Waals surface area contributed by atoms with Gasteiger partial charge in [0.1, 0.15) is 37.9 Å². The molecule has 32 heavy (non-hydrogen) atoms. The lowest BCUT2D eigenvalue weighted by Crippen LogP contribution is -2.19. The van der Waals surface area contributed by atoms with E-state index in [1.54, 1.807) is 6.92 Å². The van der Waals surface area contributed by atoms with Crippen LogP contribution >= 0.6 is 0 Å². The molecule has 0 aliphatic carbocycles. The molecule has 0 unspecified atom stereocenters. The van der Waals surface area contributed by atoms with Crippen LogP contribution in [-0.4, -0.2) is 38.4 Å². The van der Waals surface area contributed by atoms with Crippen LogP contribution < -0.4 is 9.47 Å². The number of carbonyl (C=O) groups excluding carboxylic acids is 2. The van der Waals surface area contributed by atoms with E-state index in [1.165, 1.54) is 0 Å². The summed E-state index contributed by atoms with van der Waals surface area (Å²) in [5.74, 6) is 0.527. The van der Waals surface area contributed by atoms with E-state index in [9.17, 15) is 9.59 Å². The van der Waals surface area contributed by atoms with E-state index in [2.05, 4.69) is 27.0 Å². The summed E-state index contributed by atoms with van der Waals surface area (Å²) in [6.07, 6.45) is 1.12. The first-order chi connectivity index (χ1) is 15.2. The Morgan fingerprint density at radius 3 is 1.66 bits per heavy atom. The van der Waals surface area contributed by atoms with Gasteiger partial charge in [0, 0.05) is 17.1 Å². The second-order valence-corrected chi connectivity index (χ2v) is 7.66. The number of hydrogen-bond donors (Lipinski definition) is 0. The lowest BCUT2D eigenvalue weighted by molar-refractivity contribution is -0.140. The average Bonchev–Trinajstić information content (AvgIpc) is 2.79. The molecule has 0 aromatic heterocycles. The third-order valence-corrected chi connectivity index (χ3v) is 4.85. The highest BCUT2D eigenvalue weighted by atomic mass is 16.6. The van der Waals surface area contributed by atoms with Crippen LogP contribution in [0.5, 0.6) is 11.5 Å². The molecular weight excluding hydrogens is 408 g/mol. The van der Waals surface area contributed by atoms with Gasteiger partial charge in [-0.15, -0.1) is 0 Å². The molecular formula is C26H30O6. The summed E-state index contributed by atoms with van der Waals surface area (Å²) in [5, 5.41) is 0. The Morgan fingerprint density at radius 2 is 1.25 bits per heavy atom. The minimum atomic E-state index is -0.465. The Morgan fingerprint density at radius 1 is 0.812 bits per heavy atom. The normalized spacial score (nSPS) is 10.7. The fraction of sp³-hybridized carbons (Fsp3) is 0.308. The van der Waals surface area contributed by atoms with E-state index in [0.717, 1.165) is 17.2 Å². The standard InChI is InChI=1S/C26H30O6/c1-6-24(27)31-17-15-29-22-11-7-20(8-12-22)26(4,5)21-9-13-23(14-10-21)30-16-18-32-25(28)19(2)3/h6-14H,1-2,15-18H2,3-5H3. The summed E-state index contributed by atoms with van der Waals surface area (Å²) >= 11 is 0. The van der Waals surface area contributed by atoms with Crippen molar-refractivity contribution in [1.29, 1.82) is 0 Å². The molecule has 0 saturated carbocycles. The van der Waals surface area contributed by atoms with E-state index in [1.807, 2.05) is 48.5 Å². The molecule has 170 valence electrons. The van der Waals surface area contributed by atoms with Crippen LogP contribution in [0.4, 0.5) is 0 Å². The van der Waals surface area contributed by atoms with Gasteiger partial charge in [-0.25, -0.2) is 9.59 Å². The molecule has 0 N–H and O–H groups in total. The van der Waals surface area contributed by atoms with E-state index in [-0.39, 0.29) is 31.8 Å². The molecule has 6 nitrogen and oxygen atoms in total. The summed E-state index contributed by atoms with van der Waals surface area (Å²) in [6.45, 7) is 13.7. The Bertz CT molecular complexity index is 926. The molecule has 0 radical (unpaired) electrons. The third kappa shape index (κ3) is 7.30. The summed E-state index contributed by atoms with van der Waals surface area (Å²) < 4.78 is 21.1. The monoisotopic (exact) mass is 438 g/mol. The van der Waals surface area contributed by atoms with Crippen molar-refractivity contribution in [2.75, 3.05) is 26.4 Å². The molecule has 0 atom stereocenters. The maximum atomic E-state index is 11.4. The second-order valence-electron chi connectivity index (χ2n) is 7.66. The van der Waals surface area contributed by atoms with Crippen LogP contribution in [-0.2, 0) is 24.5 Å². The Hall–Kier alpha value is -3.54. The van der Waals surface area contributed by atoms with Gasteiger partial charge >= 0.3 is 11.9 Å². The van der Waals surface area contributed by atoms with Crippen LogP contribution in [0.2, 0.25) is 0 Å². The summed E-state index contributed by atoms with van der Waals surface area (Å²) in [6, 6.07) is 15.7. The van der Waals surface area contributed by atoms with E-state index in [0.29, 0.717) is 17.1 Å². The van der Waals surface area contributed by atoms with Gasteiger partial charge in [0.15, 0.2) is 0 Å². The van der Waals surface area contributed by atoms with Crippen LogP contribution in [0.25, 0.3) is 0 Å². The minimum absolute atomic E-state index is 0.169. The molecule has 0 aliphatic heterocycles. The predicted octanol–water partition coefficient (Wildman–Crippen LogP) is 4.62. The molecule has 0 aliphatic rings. The van der Waals surface area contributed by atoms with Crippen molar-refractivity contribution in [1.82, 2.24) is 0 Å². The number of hydrogen-bond acceptors (Lipinski definition) is 6. The largest absolute Gasteiger partial charge is 0.490 e. The predicted molar refractivity (Wildman–Crippen MR) is 123 cm³/mol. The van der Waals surface area contributed by atoms with Gasteiger partial charge in [-0.2, -0.15) is 0 Å². The van der Waals surface area contributed by atoms with Crippen molar-refractivity contribution in [3.05, 3.63) is 84.5 Å². The fourth-order valence-corrected chi connectivity index (χ4v) is 2.88. The summed E-state index contributed by atoms with van der Waals surface area (Å²) in [5.41, 5.74) is 2.39. The topological polar surface area (TPSA) is 71.1 Å². The lowest BCUT2D eigenvalue weighted by Gasteiger charge is -2.26. The molecule has 2 aromatic carbocycles. The van der Waals surface area contributed by atoms with Crippen LogP contribution in [0.15, 0.2) is 73.3 Å². The van der Waals surface area contributed by atoms with Crippen molar-refractivity contribution in [3.8, 4) is 11.5 Å². The first-order valence-electron chi connectivity index (χ1n) is 10.3. The molecule has 2 aromatic rings. The number of benzene rings is 2. The van der Waals surface area contributed by atoms with E-state index in [4.69, 9.17) is 18.9 Å². The maximum Gasteiger partial charge on any atom is 0.333 e. The Labute approximate surface area is 189 Å². The lowest BCUT2D eigenvalue weighted by atomic mass is 9.78. The number of ether oxygens (including phenoxy) is 4. The van der Waals surface area contributed by atoms with Gasteiger partial charge < -0.3 is 18.9 Å². The smallest absolute Gasteiger partial charge is 0.333 e. The average molecular weight is 439 g/mol. The van der Waals surface area contributed by atoms with Crippen LogP contribution in [0.3, 0.4) is 0 Å². The van der Waals surface area contributed by atoms with Crippen molar-refractivity contribution < 1.29 is 28.5 Å². The third-order valence-electron chi connectivity index (χ3n) is 4.85. The maximum absolute atomic E-state index is 11.4. The molecule has 0 fully saturated rings. The van der Waals surface area contributed by atoms with E-state index >= 15 is 0 Å². The van der Waals surface area contributed by atoms with Gasteiger partial charge in [0.05, 0.1) is 0 Å². The molecule has 6 heteroatoms. The quantitative estimate of drug-likeness (QED) is 0.274. The molecule has 0 amide bonds. The van der Waals surface area contributed by atoms with Gasteiger partial charge in [0.25, 0.3) is 0 Å². The first kappa shape index (κ1) is 24.7. The number of carbonyl (C=O) groups is 2. The molecule has 0 heterocycles. The number of rotatable bonds is 12. The van der Waals surface area contributed by atoms with Gasteiger partial charge in [-0.3, -0.25) is 0 Å². The van der Waals surface area contributed by atoms with E-state index < -0.39 is 11.9 Å². The van der Waals surface area contributed by atoms with Gasteiger partial charge in [0.2, 0.25) is 0 Å². The van der Waals surface area contributed by atoms with Crippen molar-refractivity contribution in [3.63, 3.8) is 0 Å². The van der Waals surface area contributed by atoms with Crippen molar-refractivity contribution >= 4 is 11.9 Å². The van der Waals surface area contributed by atoms with Gasteiger partial charge in [-0.1, -0.05) is 51.3 Å². The van der Waals surface area contributed by atoms with Crippen molar-refractivity contribution in [2.24, 2.45) is 0 Å². The molecule has 0 saturated heterocycles. The molecule has 2 rings (SSSR count). The minimum Gasteiger partial charge on any atom is -0.490 e. The molecule has 0 bridgehead atoms. The van der Waals surface area contributed by atoms with Crippen LogP contribution in [0, 0.1) is 0 Å². The zero-order valence-corrected chi connectivity index (χ0v) is 18.9. The highest BCUT2D eigenvalue weighted by molar-refractivity contribution is 5.86. The van der Waals surface area contributed by atoms with Crippen molar-refractivity contribution in [2.45, 2.75) is 26.2 Å². The first-order valence-corrected chi connectivity index (χ1v) is 10.3. The zero-order chi connectivity index (χ0) is 23.6. The summed E-state index contributed by atoms with van der Waals surface area (Å²) in [7, 11) is 0. The fourth-order valence-electron chi connectivity index (χ4n) is 2.88. The summed E-state index contributed by atoms with van der Waals surface area (Å²) in [4.78, 5) is 22.4. The Kier molecular flexibility index (Phi) is 9.08. The number of esters is 2. The highest BCUT2D eigenvalue weighted by Gasteiger charge is 2.23. The molecule has 0 spiro atoms. The Balaban J connectivity index is 1.89. The highest BCUT2D eigenvalue weighted by Crippen LogP contribution is 2.33. The second kappa shape index (κ2) is 11.7.